The number of hydrogen-bond donors (Lipinski definition) is 2. The van der Waals surface area contributed by atoms with E-state index in [0.29, 0.717) is 19.1 Å². The zero-order valence-electron chi connectivity index (χ0n) is 8.77. The van der Waals surface area contributed by atoms with E-state index in [1.807, 2.05) is 0 Å². The smallest absolute Gasteiger partial charge is 0.240 e. The number of hydrogen-bond acceptors (Lipinski definition) is 4. The van der Waals surface area contributed by atoms with Gasteiger partial charge in [-0.15, -0.1) is 0 Å². The Balaban J connectivity index is 2.22. The van der Waals surface area contributed by atoms with Crippen molar-refractivity contribution in [2.24, 2.45) is 0 Å². The standard InChI is InChI=1S/C9H16N4O2/c1-15-6-2-3-11-8(14)7-13-5-4-12-9(13)10/h4-5H,2-3,6-7H2,1H3,(H2,10,12)(H,11,14). The minimum Gasteiger partial charge on any atom is -0.385 e. The number of nitrogens with zero attached hydrogens (tertiary/aromatic N) is 2. The van der Waals surface area contributed by atoms with Gasteiger partial charge in [0.15, 0.2) is 0 Å². The maximum absolute atomic E-state index is 11.4. The minimum atomic E-state index is -0.0733. The first-order chi connectivity index (χ1) is 7.24. The monoisotopic (exact) mass is 212 g/mol. The second-order valence-electron chi connectivity index (χ2n) is 3.11. The number of carbonyl (C=O) groups excluding carboxylic acids is 1. The summed E-state index contributed by atoms with van der Waals surface area (Å²) in [5, 5.41) is 2.76. The van der Waals surface area contributed by atoms with Crippen molar-refractivity contribution in [1.29, 1.82) is 0 Å². The van der Waals surface area contributed by atoms with Gasteiger partial charge in [-0.2, -0.15) is 0 Å². The molecular weight excluding hydrogens is 196 g/mol. The van der Waals surface area contributed by atoms with Crippen LogP contribution in [-0.4, -0.2) is 35.7 Å². The van der Waals surface area contributed by atoms with E-state index in [1.54, 1.807) is 24.1 Å². The van der Waals surface area contributed by atoms with Crippen LogP contribution in [0.15, 0.2) is 12.4 Å². The summed E-state index contributed by atoms with van der Waals surface area (Å²) >= 11 is 0. The van der Waals surface area contributed by atoms with Crippen molar-refractivity contribution in [3.63, 3.8) is 0 Å². The van der Waals surface area contributed by atoms with E-state index in [0.717, 1.165) is 6.42 Å². The predicted octanol–water partition coefficient (Wildman–Crippen LogP) is -0.382. The van der Waals surface area contributed by atoms with E-state index in [-0.39, 0.29) is 12.5 Å². The van der Waals surface area contributed by atoms with Crippen LogP contribution in [0, 0.1) is 0 Å². The van der Waals surface area contributed by atoms with Crippen molar-refractivity contribution in [2.75, 3.05) is 26.0 Å². The Hall–Kier alpha value is -1.56. The van der Waals surface area contributed by atoms with Crippen LogP contribution in [0.3, 0.4) is 0 Å². The molecule has 0 radical (unpaired) electrons. The van der Waals surface area contributed by atoms with Gasteiger partial charge in [-0.05, 0) is 6.42 Å². The molecule has 0 bridgehead atoms. The van der Waals surface area contributed by atoms with E-state index in [2.05, 4.69) is 10.3 Å². The number of carbonyl (C=O) groups is 1. The van der Waals surface area contributed by atoms with Crippen molar-refractivity contribution >= 4 is 11.9 Å². The van der Waals surface area contributed by atoms with Crippen molar-refractivity contribution in [3.05, 3.63) is 12.4 Å². The SMILES string of the molecule is COCCCNC(=O)Cn1ccnc1N. The highest BCUT2D eigenvalue weighted by Gasteiger charge is 2.03. The summed E-state index contributed by atoms with van der Waals surface area (Å²) in [6.45, 7) is 1.47. The van der Waals surface area contributed by atoms with Crippen LogP contribution in [0.25, 0.3) is 0 Å². The fourth-order valence-corrected chi connectivity index (χ4v) is 1.13. The molecule has 15 heavy (non-hydrogen) atoms. The number of amides is 1. The summed E-state index contributed by atoms with van der Waals surface area (Å²) in [5.41, 5.74) is 5.52. The number of methoxy groups -OCH3 is 1. The zero-order valence-corrected chi connectivity index (χ0v) is 8.77. The van der Waals surface area contributed by atoms with Gasteiger partial charge in [0.2, 0.25) is 11.9 Å². The molecule has 0 spiro atoms. The second-order valence-corrected chi connectivity index (χ2v) is 3.11. The van der Waals surface area contributed by atoms with E-state index < -0.39 is 0 Å². The molecule has 6 heteroatoms. The third-order valence-corrected chi connectivity index (χ3v) is 1.91. The van der Waals surface area contributed by atoms with Crippen LogP contribution in [0.4, 0.5) is 5.95 Å². The van der Waals surface area contributed by atoms with Crippen LogP contribution in [0.1, 0.15) is 6.42 Å². The van der Waals surface area contributed by atoms with Gasteiger partial charge in [-0.1, -0.05) is 0 Å². The Bertz CT molecular complexity index is 311. The first kappa shape index (κ1) is 11.5. The van der Waals surface area contributed by atoms with Crippen LogP contribution < -0.4 is 11.1 Å². The van der Waals surface area contributed by atoms with Gasteiger partial charge in [-0.3, -0.25) is 4.79 Å². The molecule has 0 saturated carbocycles. The van der Waals surface area contributed by atoms with E-state index in [9.17, 15) is 4.79 Å². The summed E-state index contributed by atoms with van der Waals surface area (Å²) < 4.78 is 6.45. The Morgan fingerprint density at radius 1 is 1.73 bits per heavy atom. The van der Waals surface area contributed by atoms with Crippen LogP contribution in [0.5, 0.6) is 0 Å². The Kier molecular flexibility index (Phi) is 4.62. The summed E-state index contributed by atoms with van der Waals surface area (Å²) in [7, 11) is 1.63. The van der Waals surface area contributed by atoms with Gasteiger partial charge in [0.25, 0.3) is 0 Å². The number of aromatic nitrogens is 2. The quantitative estimate of drug-likeness (QED) is 0.630. The van der Waals surface area contributed by atoms with E-state index >= 15 is 0 Å². The van der Waals surface area contributed by atoms with E-state index in [4.69, 9.17) is 10.5 Å². The topological polar surface area (TPSA) is 82.2 Å². The lowest BCUT2D eigenvalue weighted by Gasteiger charge is -2.06. The summed E-state index contributed by atoms with van der Waals surface area (Å²) in [6, 6.07) is 0. The maximum atomic E-state index is 11.4. The number of rotatable bonds is 6. The Morgan fingerprint density at radius 2 is 2.53 bits per heavy atom. The molecule has 1 amide bonds. The van der Waals surface area contributed by atoms with E-state index in [1.165, 1.54) is 0 Å². The molecule has 6 nitrogen and oxygen atoms in total. The Morgan fingerprint density at radius 3 is 3.13 bits per heavy atom. The number of ether oxygens (including phenoxy) is 1. The molecule has 84 valence electrons. The predicted molar refractivity (Wildman–Crippen MR) is 56.1 cm³/mol. The molecular formula is C9H16N4O2. The average Bonchev–Trinajstić information content (AvgIpc) is 2.59. The summed E-state index contributed by atoms with van der Waals surface area (Å²) in [5.74, 6) is 0.276. The lowest BCUT2D eigenvalue weighted by molar-refractivity contribution is -0.121. The van der Waals surface area contributed by atoms with Crippen LogP contribution in [-0.2, 0) is 16.1 Å². The molecule has 1 aromatic rings. The zero-order chi connectivity index (χ0) is 11.1. The highest BCUT2D eigenvalue weighted by molar-refractivity contribution is 5.75. The number of imidazole rings is 1. The first-order valence-electron chi connectivity index (χ1n) is 4.76. The molecule has 1 aromatic heterocycles. The molecule has 3 N–H and O–H groups in total. The normalized spacial score (nSPS) is 10.2. The summed E-state index contributed by atoms with van der Waals surface area (Å²) in [4.78, 5) is 15.2. The first-order valence-corrected chi connectivity index (χ1v) is 4.76. The van der Waals surface area contributed by atoms with Gasteiger partial charge in [0, 0.05) is 32.7 Å². The molecule has 1 heterocycles. The maximum Gasteiger partial charge on any atom is 0.240 e. The van der Waals surface area contributed by atoms with Crippen molar-refractivity contribution in [2.45, 2.75) is 13.0 Å². The number of nitrogens with one attached hydrogen (secondary N) is 1. The number of anilines is 1. The highest BCUT2D eigenvalue weighted by atomic mass is 16.5. The lowest BCUT2D eigenvalue weighted by atomic mass is 10.4. The van der Waals surface area contributed by atoms with Gasteiger partial charge in [0.05, 0.1) is 0 Å². The minimum absolute atomic E-state index is 0.0733. The van der Waals surface area contributed by atoms with Gasteiger partial charge in [0.1, 0.15) is 6.54 Å². The van der Waals surface area contributed by atoms with Gasteiger partial charge in [-0.25, -0.2) is 4.98 Å². The fraction of sp³-hybridized carbons (Fsp3) is 0.556. The fourth-order valence-electron chi connectivity index (χ4n) is 1.13. The van der Waals surface area contributed by atoms with Crippen molar-refractivity contribution < 1.29 is 9.53 Å². The largest absolute Gasteiger partial charge is 0.385 e. The summed E-state index contributed by atoms with van der Waals surface area (Å²) in [6.07, 6.45) is 4.04. The molecule has 0 fully saturated rings. The Labute approximate surface area is 88.4 Å². The van der Waals surface area contributed by atoms with Crippen molar-refractivity contribution in [1.82, 2.24) is 14.9 Å². The molecule has 0 saturated heterocycles. The highest BCUT2D eigenvalue weighted by Crippen LogP contribution is 1.97. The molecule has 0 aliphatic rings. The lowest BCUT2D eigenvalue weighted by Crippen LogP contribution is -2.29. The van der Waals surface area contributed by atoms with Gasteiger partial charge < -0.3 is 20.4 Å². The van der Waals surface area contributed by atoms with Gasteiger partial charge >= 0.3 is 0 Å². The number of nitrogen functional groups attached to an aromatic ring is 1. The third kappa shape index (κ3) is 3.99. The van der Waals surface area contributed by atoms with Crippen molar-refractivity contribution in [3.8, 4) is 0 Å². The molecule has 0 atom stereocenters. The second kappa shape index (κ2) is 6.02. The van der Waals surface area contributed by atoms with Crippen LogP contribution >= 0.6 is 0 Å². The molecule has 1 rings (SSSR count). The average molecular weight is 212 g/mol. The molecule has 0 aliphatic carbocycles. The molecule has 0 aromatic carbocycles. The number of nitrogens with two attached hydrogens (primary N) is 1. The molecule has 0 unspecified atom stereocenters. The molecule has 0 aliphatic heterocycles. The van der Waals surface area contributed by atoms with Crippen LogP contribution in [0.2, 0.25) is 0 Å². The third-order valence-electron chi connectivity index (χ3n) is 1.91.